The molecule has 1 aromatic carbocycles. The second-order valence-electron chi connectivity index (χ2n) is 3.40. The molecule has 1 amide bonds. The minimum absolute atomic E-state index is 0.118. The molecule has 1 rings (SSSR count). The van der Waals surface area contributed by atoms with Crippen molar-refractivity contribution < 1.29 is 9.59 Å². The van der Waals surface area contributed by atoms with Crippen LogP contribution in [0.2, 0.25) is 0 Å². The van der Waals surface area contributed by atoms with Crippen LogP contribution in [0.25, 0.3) is 0 Å². The van der Waals surface area contributed by atoms with Gasteiger partial charge in [-0.25, -0.2) is 0 Å². The van der Waals surface area contributed by atoms with E-state index in [0.29, 0.717) is 11.3 Å². The lowest BCUT2D eigenvalue weighted by atomic mass is 10.1. The summed E-state index contributed by atoms with van der Waals surface area (Å²) >= 11 is 6.31. The number of halogens is 2. The van der Waals surface area contributed by atoms with E-state index in [1.165, 1.54) is 6.92 Å². The number of benzene rings is 1. The molecule has 0 spiro atoms. The fourth-order valence-electron chi connectivity index (χ4n) is 1.28. The quantitative estimate of drug-likeness (QED) is 0.673. The van der Waals surface area contributed by atoms with Gasteiger partial charge in [-0.1, -0.05) is 43.5 Å². The van der Waals surface area contributed by atoms with Gasteiger partial charge in [0.2, 0.25) is 5.91 Å². The zero-order chi connectivity index (χ0) is 12.3. The SMILES string of the molecule is CC(=O)Nc1ccc(C)cc1C(=O)C(Br)Br. The average Bonchev–Trinajstić information content (AvgIpc) is 2.18. The molecule has 0 radical (unpaired) electrons. The van der Waals surface area contributed by atoms with Crippen molar-refractivity contribution in [1.29, 1.82) is 0 Å². The third-order valence-corrected chi connectivity index (χ3v) is 2.78. The maximum Gasteiger partial charge on any atom is 0.221 e. The van der Waals surface area contributed by atoms with E-state index in [9.17, 15) is 9.59 Å². The first-order valence-electron chi connectivity index (χ1n) is 4.62. The van der Waals surface area contributed by atoms with E-state index in [4.69, 9.17) is 0 Å². The van der Waals surface area contributed by atoms with Gasteiger partial charge >= 0.3 is 0 Å². The molecule has 0 aliphatic heterocycles. The topological polar surface area (TPSA) is 46.2 Å². The fraction of sp³-hybridized carbons (Fsp3) is 0.273. The van der Waals surface area contributed by atoms with E-state index < -0.39 is 3.74 Å². The van der Waals surface area contributed by atoms with Gasteiger partial charge in [-0.05, 0) is 19.1 Å². The number of ketones is 1. The Morgan fingerprint density at radius 3 is 2.44 bits per heavy atom. The Morgan fingerprint density at radius 1 is 1.31 bits per heavy atom. The van der Waals surface area contributed by atoms with Gasteiger partial charge < -0.3 is 5.32 Å². The number of carbonyl (C=O) groups is 2. The fourth-order valence-corrected chi connectivity index (χ4v) is 1.77. The van der Waals surface area contributed by atoms with Crippen LogP contribution in [-0.4, -0.2) is 15.4 Å². The normalized spacial score (nSPS) is 10.3. The Kier molecular flexibility index (Phi) is 4.68. The number of anilines is 1. The summed E-state index contributed by atoms with van der Waals surface area (Å²) < 4.78 is -0.450. The smallest absolute Gasteiger partial charge is 0.221 e. The van der Waals surface area contributed by atoms with Crippen molar-refractivity contribution in [3.05, 3.63) is 29.3 Å². The van der Waals surface area contributed by atoms with Gasteiger partial charge in [0.05, 0.1) is 5.69 Å². The molecule has 0 unspecified atom stereocenters. The third kappa shape index (κ3) is 3.42. The van der Waals surface area contributed by atoms with E-state index in [2.05, 4.69) is 37.2 Å². The van der Waals surface area contributed by atoms with Crippen molar-refractivity contribution in [2.24, 2.45) is 0 Å². The standard InChI is InChI=1S/C11H11Br2NO2/c1-6-3-4-9(14-7(2)15)8(5-6)10(16)11(12)13/h3-5,11H,1-2H3,(H,14,15). The summed E-state index contributed by atoms with van der Waals surface area (Å²) in [7, 11) is 0. The van der Waals surface area contributed by atoms with Gasteiger partial charge in [0.15, 0.2) is 5.78 Å². The predicted molar refractivity (Wildman–Crippen MR) is 71.5 cm³/mol. The predicted octanol–water partition coefficient (Wildman–Crippen LogP) is 3.25. The van der Waals surface area contributed by atoms with Crippen LogP contribution in [0.4, 0.5) is 5.69 Å². The summed E-state index contributed by atoms with van der Waals surface area (Å²) in [5, 5.41) is 2.63. The van der Waals surface area contributed by atoms with Crippen molar-refractivity contribution in [2.45, 2.75) is 17.6 Å². The number of Topliss-reactive ketones (excluding diaryl/α,β-unsaturated/α-hetero) is 1. The molecular weight excluding hydrogens is 338 g/mol. The summed E-state index contributed by atoms with van der Waals surface area (Å²) in [6, 6.07) is 5.33. The summed E-state index contributed by atoms with van der Waals surface area (Å²) in [6.07, 6.45) is 0. The van der Waals surface area contributed by atoms with Crippen LogP contribution in [0.1, 0.15) is 22.8 Å². The Hall–Kier alpha value is -0.680. The largest absolute Gasteiger partial charge is 0.326 e. The molecule has 0 saturated carbocycles. The minimum Gasteiger partial charge on any atom is -0.326 e. The molecule has 0 heterocycles. The monoisotopic (exact) mass is 347 g/mol. The summed E-state index contributed by atoms with van der Waals surface area (Å²) in [6.45, 7) is 3.31. The highest BCUT2D eigenvalue weighted by Crippen LogP contribution is 2.23. The van der Waals surface area contributed by atoms with E-state index in [1.54, 1.807) is 12.1 Å². The number of rotatable bonds is 3. The number of nitrogens with one attached hydrogen (secondary N) is 1. The molecule has 0 saturated heterocycles. The molecule has 0 aliphatic carbocycles. The first kappa shape index (κ1) is 13.4. The van der Waals surface area contributed by atoms with Gasteiger partial charge in [-0.2, -0.15) is 0 Å². The zero-order valence-corrected chi connectivity index (χ0v) is 12.1. The second kappa shape index (κ2) is 5.59. The molecule has 5 heteroatoms. The van der Waals surface area contributed by atoms with Gasteiger partial charge in [0.1, 0.15) is 3.74 Å². The molecule has 1 aromatic rings. The van der Waals surface area contributed by atoms with Crippen LogP contribution in [0, 0.1) is 6.92 Å². The summed E-state index contributed by atoms with van der Waals surface area (Å²) in [4.78, 5) is 22.9. The Bertz CT molecular complexity index is 430. The molecule has 86 valence electrons. The lowest BCUT2D eigenvalue weighted by molar-refractivity contribution is -0.114. The number of hydrogen-bond donors (Lipinski definition) is 1. The Labute approximate surface area is 111 Å². The van der Waals surface area contributed by atoms with Crippen molar-refractivity contribution in [3.8, 4) is 0 Å². The van der Waals surface area contributed by atoms with Crippen LogP contribution in [0.3, 0.4) is 0 Å². The highest BCUT2D eigenvalue weighted by atomic mass is 79.9. The molecule has 0 fully saturated rings. The first-order chi connectivity index (χ1) is 7.41. The van der Waals surface area contributed by atoms with Gasteiger partial charge in [-0.15, -0.1) is 0 Å². The van der Waals surface area contributed by atoms with Crippen molar-refractivity contribution in [2.75, 3.05) is 5.32 Å². The molecule has 0 aromatic heterocycles. The highest BCUT2D eigenvalue weighted by molar-refractivity contribution is 9.25. The van der Waals surface area contributed by atoms with Crippen molar-refractivity contribution in [1.82, 2.24) is 0 Å². The number of alkyl halides is 2. The lowest BCUT2D eigenvalue weighted by Gasteiger charge is -2.10. The Morgan fingerprint density at radius 2 is 1.94 bits per heavy atom. The number of carbonyl (C=O) groups excluding carboxylic acids is 2. The highest BCUT2D eigenvalue weighted by Gasteiger charge is 2.17. The summed E-state index contributed by atoms with van der Waals surface area (Å²) in [5.74, 6) is -0.314. The van der Waals surface area contributed by atoms with E-state index in [0.717, 1.165) is 5.56 Å². The van der Waals surface area contributed by atoms with Crippen molar-refractivity contribution >= 4 is 49.2 Å². The van der Waals surface area contributed by atoms with Crippen LogP contribution in [0.5, 0.6) is 0 Å². The van der Waals surface area contributed by atoms with Crippen LogP contribution < -0.4 is 5.32 Å². The molecular formula is C11H11Br2NO2. The second-order valence-corrected chi connectivity index (χ2v) is 6.46. The van der Waals surface area contributed by atoms with Gasteiger partial charge in [-0.3, -0.25) is 9.59 Å². The van der Waals surface area contributed by atoms with Crippen molar-refractivity contribution in [3.63, 3.8) is 0 Å². The van der Waals surface area contributed by atoms with E-state index >= 15 is 0 Å². The number of amides is 1. The van der Waals surface area contributed by atoms with Crippen LogP contribution in [-0.2, 0) is 4.79 Å². The first-order valence-corrected chi connectivity index (χ1v) is 6.45. The number of aryl methyl sites for hydroxylation is 1. The molecule has 3 nitrogen and oxygen atoms in total. The van der Waals surface area contributed by atoms with Gasteiger partial charge in [0.25, 0.3) is 0 Å². The van der Waals surface area contributed by atoms with Gasteiger partial charge in [0, 0.05) is 12.5 Å². The molecule has 16 heavy (non-hydrogen) atoms. The molecule has 0 atom stereocenters. The number of hydrogen-bond acceptors (Lipinski definition) is 2. The zero-order valence-electron chi connectivity index (χ0n) is 8.88. The van der Waals surface area contributed by atoms with E-state index in [1.807, 2.05) is 13.0 Å². The maximum absolute atomic E-state index is 11.9. The minimum atomic E-state index is -0.450. The van der Waals surface area contributed by atoms with E-state index in [-0.39, 0.29) is 11.7 Å². The summed E-state index contributed by atoms with van der Waals surface area (Å²) in [5.41, 5.74) is 2.00. The molecule has 1 N–H and O–H groups in total. The Balaban J connectivity index is 3.17. The average molecular weight is 349 g/mol. The third-order valence-electron chi connectivity index (χ3n) is 1.95. The van der Waals surface area contributed by atoms with Crippen LogP contribution >= 0.6 is 31.9 Å². The maximum atomic E-state index is 11.9. The molecule has 0 bridgehead atoms. The lowest BCUT2D eigenvalue weighted by Crippen LogP contribution is -2.14. The van der Waals surface area contributed by atoms with Crippen LogP contribution in [0.15, 0.2) is 18.2 Å². The molecule has 0 aliphatic rings.